The Morgan fingerprint density at radius 2 is 2.00 bits per heavy atom. The SMILES string of the molecule is COc1ccc(-c2n[nH]c(=S)n2CCC(=O)N2CCCC2c2ccccc2C)cc1. The van der Waals surface area contributed by atoms with Crippen LogP contribution in [0.2, 0.25) is 0 Å². The lowest BCUT2D eigenvalue weighted by Crippen LogP contribution is -2.31. The number of ether oxygens (including phenoxy) is 1. The topological polar surface area (TPSA) is 63.1 Å². The number of hydrogen-bond acceptors (Lipinski definition) is 4. The van der Waals surface area contributed by atoms with Crippen LogP contribution in [0, 0.1) is 11.7 Å². The van der Waals surface area contributed by atoms with Gasteiger partial charge in [-0.3, -0.25) is 14.5 Å². The molecule has 0 spiro atoms. The zero-order valence-electron chi connectivity index (χ0n) is 17.3. The number of aryl methyl sites for hydroxylation is 1. The molecule has 1 amide bonds. The minimum atomic E-state index is 0.157. The number of methoxy groups -OCH3 is 1. The first-order valence-electron chi connectivity index (χ1n) is 10.2. The van der Waals surface area contributed by atoms with Gasteiger partial charge in [0.05, 0.1) is 13.2 Å². The summed E-state index contributed by atoms with van der Waals surface area (Å²) in [4.78, 5) is 15.1. The fraction of sp³-hybridized carbons (Fsp3) is 0.348. The molecule has 1 unspecified atom stereocenters. The van der Waals surface area contributed by atoms with Crippen molar-refractivity contribution in [3.63, 3.8) is 0 Å². The van der Waals surface area contributed by atoms with Crippen LogP contribution in [0.5, 0.6) is 5.75 Å². The number of rotatable bonds is 6. The highest BCUT2D eigenvalue weighted by molar-refractivity contribution is 7.71. The van der Waals surface area contributed by atoms with Crippen molar-refractivity contribution in [1.82, 2.24) is 19.7 Å². The van der Waals surface area contributed by atoms with Gasteiger partial charge in [0, 0.05) is 25.1 Å². The van der Waals surface area contributed by atoms with Gasteiger partial charge in [-0.05, 0) is 67.4 Å². The molecule has 1 atom stereocenters. The van der Waals surface area contributed by atoms with Gasteiger partial charge in [-0.2, -0.15) is 5.10 Å². The molecule has 1 fully saturated rings. The maximum absolute atomic E-state index is 13.1. The summed E-state index contributed by atoms with van der Waals surface area (Å²) >= 11 is 5.42. The minimum absolute atomic E-state index is 0.157. The summed E-state index contributed by atoms with van der Waals surface area (Å²) in [7, 11) is 1.64. The molecule has 0 bridgehead atoms. The standard InChI is InChI=1S/C23H26N4O2S/c1-16-6-3-4-7-19(16)20-8-5-14-26(20)21(28)13-15-27-22(24-25-23(27)30)17-9-11-18(29-2)12-10-17/h3-4,6-7,9-12,20H,5,8,13-15H2,1-2H3,(H,25,30). The second kappa shape index (κ2) is 8.83. The first kappa shape index (κ1) is 20.3. The number of carbonyl (C=O) groups is 1. The summed E-state index contributed by atoms with van der Waals surface area (Å²) in [6.07, 6.45) is 2.44. The van der Waals surface area contributed by atoms with E-state index in [1.54, 1.807) is 7.11 Å². The highest BCUT2D eigenvalue weighted by Crippen LogP contribution is 2.34. The van der Waals surface area contributed by atoms with Gasteiger partial charge in [0.1, 0.15) is 5.75 Å². The zero-order chi connectivity index (χ0) is 21.1. The Hall–Kier alpha value is -2.93. The average molecular weight is 423 g/mol. The predicted octanol–water partition coefficient (Wildman–Crippen LogP) is 4.68. The molecule has 4 rings (SSSR count). The van der Waals surface area contributed by atoms with Crippen molar-refractivity contribution in [2.24, 2.45) is 0 Å². The van der Waals surface area contributed by atoms with Gasteiger partial charge in [0.25, 0.3) is 0 Å². The van der Waals surface area contributed by atoms with E-state index in [9.17, 15) is 4.79 Å². The predicted molar refractivity (Wildman–Crippen MR) is 119 cm³/mol. The van der Waals surface area contributed by atoms with Crippen LogP contribution in [-0.2, 0) is 11.3 Å². The molecule has 1 saturated heterocycles. The zero-order valence-corrected chi connectivity index (χ0v) is 18.1. The molecule has 7 heteroatoms. The van der Waals surface area contributed by atoms with Crippen LogP contribution < -0.4 is 4.74 Å². The molecule has 2 heterocycles. The number of benzene rings is 2. The Kier molecular flexibility index (Phi) is 5.99. The third kappa shape index (κ3) is 4.03. The molecule has 0 saturated carbocycles. The van der Waals surface area contributed by atoms with E-state index in [1.807, 2.05) is 39.8 Å². The van der Waals surface area contributed by atoms with E-state index < -0.39 is 0 Å². The second-order valence-electron chi connectivity index (χ2n) is 7.58. The second-order valence-corrected chi connectivity index (χ2v) is 7.97. The van der Waals surface area contributed by atoms with E-state index in [2.05, 4.69) is 35.3 Å². The van der Waals surface area contributed by atoms with Gasteiger partial charge in [-0.15, -0.1) is 0 Å². The maximum Gasteiger partial charge on any atom is 0.224 e. The average Bonchev–Trinajstić information content (AvgIpc) is 3.39. The van der Waals surface area contributed by atoms with E-state index in [1.165, 1.54) is 11.1 Å². The normalized spacial score (nSPS) is 16.1. The van der Waals surface area contributed by atoms with Crippen molar-refractivity contribution in [1.29, 1.82) is 0 Å². The number of amides is 1. The largest absolute Gasteiger partial charge is 0.497 e. The van der Waals surface area contributed by atoms with Crippen LogP contribution in [0.25, 0.3) is 11.4 Å². The summed E-state index contributed by atoms with van der Waals surface area (Å²) in [5.74, 6) is 1.67. The van der Waals surface area contributed by atoms with Crippen molar-refractivity contribution >= 4 is 18.1 Å². The number of nitrogens with one attached hydrogen (secondary N) is 1. The smallest absolute Gasteiger partial charge is 0.224 e. The number of aromatic amines is 1. The van der Waals surface area contributed by atoms with Gasteiger partial charge in [0.2, 0.25) is 5.91 Å². The minimum Gasteiger partial charge on any atom is -0.497 e. The van der Waals surface area contributed by atoms with E-state index >= 15 is 0 Å². The number of nitrogens with zero attached hydrogens (tertiary/aromatic N) is 3. The molecule has 0 aliphatic carbocycles. The van der Waals surface area contributed by atoms with Crippen molar-refractivity contribution in [2.75, 3.05) is 13.7 Å². The van der Waals surface area contributed by atoms with Crippen LogP contribution in [0.3, 0.4) is 0 Å². The van der Waals surface area contributed by atoms with Crippen molar-refractivity contribution in [2.45, 2.75) is 38.8 Å². The van der Waals surface area contributed by atoms with Crippen molar-refractivity contribution in [3.8, 4) is 17.1 Å². The highest BCUT2D eigenvalue weighted by atomic mass is 32.1. The van der Waals surface area contributed by atoms with Crippen molar-refractivity contribution in [3.05, 3.63) is 64.4 Å². The number of carbonyl (C=O) groups excluding carboxylic acids is 1. The molecule has 1 aromatic heterocycles. The van der Waals surface area contributed by atoms with Crippen molar-refractivity contribution < 1.29 is 9.53 Å². The van der Waals surface area contributed by atoms with E-state index in [0.717, 1.165) is 36.5 Å². The maximum atomic E-state index is 13.1. The van der Waals surface area contributed by atoms with Gasteiger partial charge >= 0.3 is 0 Å². The molecular weight excluding hydrogens is 396 g/mol. The van der Waals surface area contributed by atoms with E-state index in [4.69, 9.17) is 17.0 Å². The molecular formula is C23H26N4O2S. The fourth-order valence-corrected chi connectivity index (χ4v) is 4.41. The molecule has 3 aromatic rings. The third-order valence-corrected chi connectivity index (χ3v) is 6.09. The summed E-state index contributed by atoms with van der Waals surface area (Å²) in [6.45, 7) is 3.41. The number of H-pyrrole nitrogens is 1. The molecule has 30 heavy (non-hydrogen) atoms. The quantitative estimate of drug-likeness (QED) is 0.586. The number of hydrogen-bond donors (Lipinski definition) is 1. The van der Waals surface area contributed by atoms with E-state index in [0.29, 0.717) is 17.7 Å². The van der Waals surface area contributed by atoms with Crippen LogP contribution in [-0.4, -0.2) is 39.2 Å². The Morgan fingerprint density at radius 1 is 1.23 bits per heavy atom. The van der Waals surface area contributed by atoms with Gasteiger partial charge in [-0.25, -0.2) is 0 Å². The van der Waals surface area contributed by atoms with Crippen LogP contribution in [0.15, 0.2) is 48.5 Å². The fourth-order valence-electron chi connectivity index (χ4n) is 4.19. The molecule has 6 nitrogen and oxygen atoms in total. The Morgan fingerprint density at radius 3 is 2.73 bits per heavy atom. The molecule has 2 aromatic carbocycles. The lowest BCUT2D eigenvalue weighted by molar-refractivity contribution is -0.132. The van der Waals surface area contributed by atoms with Crippen LogP contribution in [0.4, 0.5) is 0 Å². The van der Waals surface area contributed by atoms with Gasteiger partial charge < -0.3 is 9.64 Å². The van der Waals surface area contributed by atoms with E-state index in [-0.39, 0.29) is 11.9 Å². The third-order valence-electron chi connectivity index (χ3n) is 5.78. The Balaban J connectivity index is 1.50. The monoisotopic (exact) mass is 422 g/mol. The summed E-state index contributed by atoms with van der Waals surface area (Å²) in [5.41, 5.74) is 3.41. The van der Waals surface area contributed by atoms with Gasteiger partial charge in [0.15, 0.2) is 10.6 Å². The molecule has 1 aliphatic heterocycles. The first-order chi connectivity index (χ1) is 14.6. The first-order valence-corrected chi connectivity index (χ1v) is 10.6. The number of aromatic nitrogens is 3. The molecule has 0 radical (unpaired) electrons. The van der Waals surface area contributed by atoms with Crippen LogP contribution in [0.1, 0.15) is 36.4 Å². The molecule has 1 N–H and O–H groups in total. The summed E-state index contributed by atoms with van der Waals surface area (Å²) < 4.78 is 7.64. The summed E-state index contributed by atoms with van der Waals surface area (Å²) in [5, 5.41) is 7.23. The Bertz CT molecular complexity index is 1090. The highest BCUT2D eigenvalue weighted by Gasteiger charge is 2.30. The molecule has 156 valence electrons. The summed E-state index contributed by atoms with van der Waals surface area (Å²) in [6, 6.07) is 16.2. The lowest BCUT2D eigenvalue weighted by Gasteiger charge is -2.26. The number of likely N-dealkylation sites (tertiary alicyclic amines) is 1. The Labute approximate surface area is 181 Å². The molecule has 1 aliphatic rings. The van der Waals surface area contributed by atoms with Crippen LogP contribution >= 0.6 is 12.2 Å². The van der Waals surface area contributed by atoms with Gasteiger partial charge in [-0.1, -0.05) is 24.3 Å². The lowest BCUT2D eigenvalue weighted by atomic mass is 9.99.